The maximum absolute atomic E-state index is 13.3. The quantitative estimate of drug-likeness (QED) is 0.635. The number of hydrogen-bond acceptors (Lipinski definition) is 3. The predicted molar refractivity (Wildman–Crippen MR) is 117 cm³/mol. The Kier molecular flexibility index (Phi) is 5.72. The number of likely N-dealkylation sites (tertiary alicyclic amines) is 1. The van der Waals surface area contributed by atoms with Crippen molar-refractivity contribution < 1.29 is 9.59 Å². The van der Waals surface area contributed by atoms with Crippen molar-refractivity contribution in [1.82, 2.24) is 4.90 Å². The number of benzene rings is 3. The average Bonchev–Trinajstić information content (AvgIpc) is 2.74. The highest BCUT2D eigenvalue weighted by molar-refractivity contribution is 6.09. The third-order valence-electron chi connectivity index (χ3n) is 5.61. The van der Waals surface area contributed by atoms with Gasteiger partial charge in [-0.25, -0.2) is 0 Å². The molecule has 0 radical (unpaired) electrons. The fraction of sp³-hybridized carbons (Fsp3) is 0.280. The Morgan fingerprint density at radius 1 is 1.00 bits per heavy atom. The zero-order chi connectivity index (χ0) is 20.2. The largest absolute Gasteiger partial charge is 0.326 e. The molecule has 3 aromatic carbocycles. The molecule has 0 saturated carbocycles. The molecule has 4 heteroatoms. The van der Waals surface area contributed by atoms with Crippen LogP contribution in [0.25, 0.3) is 10.8 Å². The lowest BCUT2D eigenvalue weighted by molar-refractivity contribution is -0.114. The van der Waals surface area contributed by atoms with Gasteiger partial charge in [-0.15, -0.1) is 0 Å². The summed E-state index contributed by atoms with van der Waals surface area (Å²) in [7, 11) is 0. The first kappa shape index (κ1) is 19.3. The minimum absolute atomic E-state index is 0.0354. The maximum atomic E-state index is 13.3. The highest BCUT2D eigenvalue weighted by Gasteiger charge is 2.27. The topological polar surface area (TPSA) is 49.4 Å². The highest BCUT2D eigenvalue weighted by atomic mass is 16.1. The number of nitrogens with one attached hydrogen (secondary N) is 1. The summed E-state index contributed by atoms with van der Waals surface area (Å²) in [6.45, 7) is 4.12. The van der Waals surface area contributed by atoms with Gasteiger partial charge in [0.2, 0.25) is 5.91 Å². The van der Waals surface area contributed by atoms with E-state index in [1.165, 1.54) is 12.5 Å². The molecule has 0 bridgehead atoms. The zero-order valence-electron chi connectivity index (χ0n) is 16.7. The van der Waals surface area contributed by atoms with E-state index in [9.17, 15) is 9.59 Å². The summed E-state index contributed by atoms with van der Waals surface area (Å²) in [4.78, 5) is 26.8. The molecule has 1 aliphatic rings. The molecular weight excluding hydrogens is 360 g/mol. The van der Waals surface area contributed by atoms with E-state index in [2.05, 4.69) is 22.3 Å². The van der Waals surface area contributed by atoms with Crippen molar-refractivity contribution in [1.29, 1.82) is 0 Å². The van der Waals surface area contributed by atoms with Crippen LogP contribution in [0.5, 0.6) is 0 Å². The molecular formula is C25H26N2O2. The second-order valence-electron chi connectivity index (χ2n) is 7.84. The Labute approximate surface area is 171 Å². The van der Waals surface area contributed by atoms with E-state index in [4.69, 9.17) is 0 Å². The molecule has 0 spiro atoms. The van der Waals surface area contributed by atoms with Crippen LogP contribution in [0.4, 0.5) is 5.69 Å². The third-order valence-corrected chi connectivity index (χ3v) is 5.61. The summed E-state index contributed by atoms with van der Waals surface area (Å²) in [5, 5.41) is 4.96. The van der Waals surface area contributed by atoms with Gasteiger partial charge in [0, 0.05) is 37.2 Å². The lowest BCUT2D eigenvalue weighted by atomic mass is 9.88. The fourth-order valence-corrected chi connectivity index (χ4v) is 4.23. The predicted octanol–water partition coefficient (Wildman–Crippen LogP) is 4.89. The maximum Gasteiger partial charge on any atom is 0.221 e. The smallest absolute Gasteiger partial charge is 0.221 e. The van der Waals surface area contributed by atoms with E-state index in [1.54, 1.807) is 0 Å². The molecule has 1 saturated heterocycles. The summed E-state index contributed by atoms with van der Waals surface area (Å²) in [5.41, 5.74) is 2.84. The van der Waals surface area contributed by atoms with E-state index >= 15 is 0 Å². The van der Waals surface area contributed by atoms with Crippen LogP contribution in [0, 0.1) is 5.92 Å². The normalized spacial score (nSPS) is 17.2. The van der Waals surface area contributed by atoms with Crippen molar-refractivity contribution in [2.45, 2.75) is 26.3 Å². The third kappa shape index (κ3) is 4.54. The van der Waals surface area contributed by atoms with Gasteiger partial charge in [-0.2, -0.15) is 0 Å². The second-order valence-corrected chi connectivity index (χ2v) is 7.84. The van der Waals surface area contributed by atoms with Crippen molar-refractivity contribution in [2.75, 3.05) is 18.4 Å². The summed E-state index contributed by atoms with van der Waals surface area (Å²) >= 11 is 0. The molecule has 1 N–H and O–H groups in total. The molecule has 29 heavy (non-hydrogen) atoms. The number of carbonyl (C=O) groups is 2. The van der Waals surface area contributed by atoms with Gasteiger partial charge in [0.05, 0.1) is 0 Å². The molecule has 1 amide bonds. The lowest BCUT2D eigenvalue weighted by Crippen LogP contribution is -2.38. The van der Waals surface area contributed by atoms with Crippen LogP contribution in [-0.4, -0.2) is 29.7 Å². The second kappa shape index (κ2) is 8.58. The SMILES string of the molecule is CC(=O)Nc1ccc(CN2CCC[C@@H](C(=O)c3cccc4ccccc34)C2)cc1. The van der Waals surface area contributed by atoms with Gasteiger partial charge < -0.3 is 5.32 Å². The molecule has 0 aromatic heterocycles. The van der Waals surface area contributed by atoms with Gasteiger partial charge in [0.25, 0.3) is 0 Å². The summed E-state index contributed by atoms with van der Waals surface area (Å²) < 4.78 is 0. The average molecular weight is 386 g/mol. The minimum atomic E-state index is -0.0661. The first-order valence-corrected chi connectivity index (χ1v) is 10.2. The number of rotatable bonds is 5. The first-order valence-electron chi connectivity index (χ1n) is 10.2. The molecule has 1 aliphatic heterocycles. The monoisotopic (exact) mass is 386 g/mol. The summed E-state index contributed by atoms with van der Waals surface area (Å²) in [6.07, 6.45) is 1.98. The summed E-state index contributed by atoms with van der Waals surface area (Å²) in [5.74, 6) is 0.226. The van der Waals surface area contributed by atoms with Gasteiger partial charge in [0.1, 0.15) is 0 Å². The Morgan fingerprint density at radius 2 is 1.76 bits per heavy atom. The Morgan fingerprint density at radius 3 is 2.55 bits per heavy atom. The fourth-order valence-electron chi connectivity index (χ4n) is 4.23. The summed E-state index contributed by atoms with van der Waals surface area (Å²) in [6, 6.07) is 22.1. The van der Waals surface area contributed by atoms with E-state index in [1.807, 2.05) is 54.6 Å². The zero-order valence-corrected chi connectivity index (χ0v) is 16.7. The van der Waals surface area contributed by atoms with Gasteiger partial charge in [-0.3, -0.25) is 14.5 Å². The van der Waals surface area contributed by atoms with Crippen LogP contribution < -0.4 is 5.32 Å². The molecule has 1 atom stereocenters. The Hall–Kier alpha value is -2.98. The number of nitrogens with zero attached hydrogens (tertiary/aromatic N) is 1. The molecule has 4 nitrogen and oxygen atoms in total. The molecule has 1 fully saturated rings. The number of fused-ring (bicyclic) bond motifs is 1. The van der Waals surface area contributed by atoms with Crippen LogP contribution in [0.15, 0.2) is 66.7 Å². The van der Waals surface area contributed by atoms with Gasteiger partial charge in [-0.05, 0) is 47.9 Å². The van der Waals surface area contributed by atoms with Crippen molar-refractivity contribution >= 4 is 28.2 Å². The van der Waals surface area contributed by atoms with Crippen LogP contribution in [-0.2, 0) is 11.3 Å². The van der Waals surface area contributed by atoms with Crippen molar-refractivity contribution in [2.24, 2.45) is 5.92 Å². The van der Waals surface area contributed by atoms with Crippen LogP contribution in [0.1, 0.15) is 35.7 Å². The van der Waals surface area contributed by atoms with Crippen molar-refractivity contribution in [3.8, 4) is 0 Å². The van der Waals surface area contributed by atoms with Crippen LogP contribution in [0.3, 0.4) is 0 Å². The van der Waals surface area contributed by atoms with E-state index < -0.39 is 0 Å². The number of amides is 1. The van der Waals surface area contributed by atoms with E-state index in [0.717, 1.165) is 54.5 Å². The lowest BCUT2D eigenvalue weighted by Gasteiger charge is -2.32. The van der Waals surface area contributed by atoms with E-state index in [0.29, 0.717) is 0 Å². The molecule has 0 aliphatic carbocycles. The highest BCUT2D eigenvalue weighted by Crippen LogP contribution is 2.26. The number of hydrogen-bond donors (Lipinski definition) is 1. The van der Waals surface area contributed by atoms with Crippen molar-refractivity contribution in [3.05, 3.63) is 77.9 Å². The minimum Gasteiger partial charge on any atom is -0.326 e. The molecule has 1 heterocycles. The molecule has 3 aromatic rings. The van der Waals surface area contributed by atoms with Gasteiger partial charge in [-0.1, -0.05) is 54.6 Å². The number of carbonyl (C=O) groups excluding carboxylic acids is 2. The molecule has 148 valence electrons. The van der Waals surface area contributed by atoms with Crippen LogP contribution in [0.2, 0.25) is 0 Å². The molecule has 0 unspecified atom stereocenters. The number of ketones is 1. The number of Topliss-reactive ketones (excluding diaryl/α,β-unsaturated/α-hetero) is 1. The van der Waals surface area contributed by atoms with E-state index in [-0.39, 0.29) is 17.6 Å². The standard InChI is InChI=1S/C25H26N2O2/c1-18(28)26-22-13-11-19(12-14-22)16-27-15-5-8-21(17-27)25(29)24-10-4-7-20-6-2-3-9-23(20)24/h2-4,6-7,9-14,21H,5,8,15-17H2,1H3,(H,26,28)/t21-/m1/s1. The van der Waals surface area contributed by atoms with Gasteiger partial charge >= 0.3 is 0 Å². The van der Waals surface area contributed by atoms with Crippen molar-refractivity contribution in [3.63, 3.8) is 0 Å². The van der Waals surface area contributed by atoms with Gasteiger partial charge in [0.15, 0.2) is 5.78 Å². The first-order chi connectivity index (χ1) is 14.1. The Balaban J connectivity index is 1.45. The molecule has 4 rings (SSSR count). The Bertz CT molecular complexity index is 1020. The van der Waals surface area contributed by atoms with Crippen LogP contribution >= 0.6 is 0 Å². The number of anilines is 1. The number of piperidine rings is 1.